The highest BCUT2D eigenvalue weighted by Crippen LogP contribution is 2.25. The summed E-state index contributed by atoms with van der Waals surface area (Å²) < 4.78 is 15.4. The Morgan fingerprint density at radius 3 is 2.76 bits per heavy atom. The molecule has 0 fully saturated rings. The van der Waals surface area contributed by atoms with Crippen molar-refractivity contribution in [2.75, 3.05) is 20.3 Å². The number of carbonyl (C=O) groups is 1. The van der Waals surface area contributed by atoms with E-state index < -0.39 is 6.10 Å². The van der Waals surface area contributed by atoms with Crippen molar-refractivity contribution in [1.29, 1.82) is 0 Å². The molecule has 0 saturated carbocycles. The van der Waals surface area contributed by atoms with Crippen molar-refractivity contribution in [3.05, 3.63) is 48.4 Å². The smallest absolute Gasteiger partial charge is 0.258 e. The lowest BCUT2D eigenvalue weighted by atomic mass is 10.2. The first kappa shape index (κ1) is 14.9. The van der Waals surface area contributed by atoms with Gasteiger partial charge in [0.15, 0.2) is 18.1 Å². The third-order valence-electron chi connectivity index (χ3n) is 2.85. The van der Waals surface area contributed by atoms with Crippen molar-refractivity contribution in [1.82, 2.24) is 5.32 Å². The van der Waals surface area contributed by atoms with Gasteiger partial charge in [-0.25, -0.2) is 0 Å². The van der Waals surface area contributed by atoms with Gasteiger partial charge in [0.05, 0.1) is 25.7 Å². The number of rotatable bonds is 7. The summed E-state index contributed by atoms with van der Waals surface area (Å²) >= 11 is 0. The van der Waals surface area contributed by atoms with Crippen molar-refractivity contribution in [3.63, 3.8) is 0 Å². The van der Waals surface area contributed by atoms with E-state index in [0.29, 0.717) is 17.1 Å². The molecule has 112 valence electrons. The fraction of sp³-hybridized carbons (Fsp3) is 0.267. The van der Waals surface area contributed by atoms with E-state index in [9.17, 15) is 9.90 Å². The lowest BCUT2D eigenvalue weighted by Gasteiger charge is -2.12. The molecule has 0 aliphatic carbocycles. The maximum Gasteiger partial charge on any atom is 0.258 e. The summed E-state index contributed by atoms with van der Waals surface area (Å²) in [6.45, 7) is -0.0634. The first-order valence-corrected chi connectivity index (χ1v) is 6.43. The molecular formula is C15H17NO5. The maximum absolute atomic E-state index is 11.7. The van der Waals surface area contributed by atoms with Crippen molar-refractivity contribution in [3.8, 4) is 11.5 Å². The number of para-hydroxylation sites is 2. The standard InChI is InChI=1S/C15H17NO5/c1-19-13-4-2-3-5-14(13)21-10-15(18)16-8-12(17)11-6-7-20-9-11/h2-7,9,12,17H,8,10H2,1H3,(H,16,18)/t12-/m1/s1. The summed E-state index contributed by atoms with van der Waals surface area (Å²) in [6, 6.07) is 8.70. The van der Waals surface area contributed by atoms with E-state index in [1.165, 1.54) is 19.6 Å². The third-order valence-corrected chi connectivity index (χ3v) is 2.85. The van der Waals surface area contributed by atoms with E-state index in [1.54, 1.807) is 24.3 Å². The molecule has 6 nitrogen and oxygen atoms in total. The number of benzene rings is 1. The van der Waals surface area contributed by atoms with E-state index in [1.807, 2.05) is 6.07 Å². The third kappa shape index (κ3) is 4.25. The molecule has 6 heteroatoms. The molecule has 0 saturated heterocycles. The molecule has 0 spiro atoms. The Morgan fingerprint density at radius 1 is 1.33 bits per heavy atom. The minimum atomic E-state index is -0.807. The SMILES string of the molecule is COc1ccccc1OCC(=O)NC[C@@H](O)c1ccoc1. The highest BCUT2D eigenvalue weighted by Gasteiger charge is 2.11. The van der Waals surface area contributed by atoms with E-state index in [4.69, 9.17) is 13.9 Å². The average molecular weight is 291 g/mol. The number of carbonyl (C=O) groups excluding carboxylic acids is 1. The molecule has 1 heterocycles. The number of methoxy groups -OCH3 is 1. The molecule has 1 atom stereocenters. The van der Waals surface area contributed by atoms with Crippen LogP contribution in [0.3, 0.4) is 0 Å². The van der Waals surface area contributed by atoms with Gasteiger partial charge >= 0.3 is 0 Å². The van der Waals surface area contributed by atoms with Crippen LogP contribution >= 0.6 is 0 Å². The van der Waals surface area contributed by atoms with Crippen LogP contribution in [-0.4, -0.2) is 31.3 Å². The number of ether oxygens (including phenoxy) is 2. The van der Waals surface area contributed by atoms with Crippen molar-refractivity contribution in [2.45, 2.75) is 6.10 Å². The lowest BCUT2D eigenvalue weighted by Crippen LogP contribution is -2.32. The average Bonchev–Trinajstić information content (AvgIpc) is 3.05. The lowest BCUT2D eigenvalue weighted by molar-refractivity contribution is -0.123. The molecule has 1 aromatic heterocycles. The van der Waals surface area contributed by atoms with Crippen LogP contribution in [0.25, 0.3) is 0 Å². The normalized spacial score (nSPS) is 11.7. The van der Waals surface area contributed by atoms with Crippen molar-refractivity contribution >= 4 is 5.91 Å². The highest BCUT2D eigenvalue weighted by molar-refractivity contribution is 5.77. The van der Waals surface area contributed by atoms with Gasteiger partial charge in [0.1, 0.15) is 0 Å². The van der Waals surface area contributed by atoms with Crippen LogP contribution in [0.4, 0.5) is 0 Å². The molecule has 2 aromatic rings. The Balaban J connectivity index is 1.77. The Hall–Kier alpha value is -2.47. The Bertz CT molecular complexity index is 567. The molecule has 0 radical (unpaired) electrons. The maximum atomic E-state index is 11.7. The van der Waals surface area contributed by atoms with Crippen molar-refractivity contribution < 1.29 is 23.8 Å². The fourth-order valence-corrected chi connectivity index (χ4v) is 1.73. The summed E-state index contributed by atoms with van der Waals surface area (Å²) in [6.07, 6.45) is 2.09. The van der Waals surface area contributed by atoms with Gasteiger partial charge < -0.3 is 24.3 Å². The fourth-order valence-electron chi connectivity index (χ4n) is 1.73. The zero-order chi connectivity index (χ0) is 15.1. The topological polar surface area (TPSA) is 80.9 Å². The molecule has 1 aromatic carbocycles. The Labute approximate surface area is 122 Å². The summed E-state index contributed by atoms with van der Waals surface area (Å²) in [5.74, 6) is 0.720. The first-order valence-electron chi connectivity index (χ1n) is 6.43. The number of hydrogen-bond donors (Lipinski definition) is 2. The van der Waals surface area contributed by atoms with Gasteiger partial charge in [-0.1, -0.05) is 12.1 Å². The number of hydrogen-bond acceptors (Lipinski definition) is 5. The quantitative estimate of drug-likeness (QED) is 0.808. The minimum Gasteiger partial charge on any atom is -0.493 e. The number of aliphatic hydroxyl groups excluding tert-OH is 1. The van der Waals surface area contributed by atoms with Crippen LogP contribution in [0.1, 0.15) is 11.7 Å². The van der Waals surface area contributed by atoms with E-state index in [0.717, 1.165) is 0 Å². The predicted octanol–water partition coefficient (Wildman–Crippen LogP) is 1.52. The van der Waals surface area contributed by atoms with Crippen LogP contribution in [0.2, 0.25) is 0 Å². The summed E-state index contributed by atoms with van der Waals surface area (Å²) in [5.41, 5.74) is 0.612. The zero-order valence-corrected chi connectivity index (χ0v) is 11.6. The highest BCUT2D eigenvalue weighted by atomic mass is 16.5. The van der Waals surface area contributed by atoms with Crippen LogP contribution in [0.15, 0.2) is 47.3 Å². The summed E-state index contributed by atoms with van der Waals surface area (Å²) in [4.78, 5) is 11.7. The van der Waals surface area contributed by atoms with E-state index in [-0.39, 0.29) is 19.1 Å². The second-order valence-electron chi connectivity index (χ2n) is 4.32. The van der Waals surface area contributed by atoms with Gasteiger partial charge in [-0.2, -0.15) is 0 Å². The van der Waals surface area contributed by atoms with Gasteiger partial charge in [0, 0.05) is 12.1 Å². The second kappa shape index (κ2) is 7.35. The van der Waals surface area contributed by atoms with E-state index in [2.05, 4.69) is 5.32 Å². The van der Waals surface area contributed by atoms with Crippen molar-refractivity contribution in [2.24, 2.45) is 0 Å². The first-order chi connectivity index (χ1) is 10.2. The summed E-state index contributed by atoms with van der Waals surface area (Å²) in [5, 5.41) is 12.4. The molecule has 2 N–H and O–H groups in total. The molecule has 1 amide bonds. The number of aliphatic hydroxyl groups is 1. The van der Waals surface area contributed by atoms with Crippen LogP contribution in [-0.2, 0) is 4.79 Å². The summed E-state index contributed by atoms with van der Waals surface area (Å²) in [7, 11) is 1.53. The molecule has 2 rings (SSSR count). The van der Waals surface area contributed by atoms with Gasteiger partial charge in [-0.3, -0.25) is 4.79 Å². The largest absolute Gasteiger partial charge is 0.493 e. The van der Waals surface area contributed by atoms with Gasteiger partial charge in [0.2, 0.25) is 0 Å². The zero-order valence-electron chi connectivity index (χ0n) is 11.6. The predicted molar refractivity (Wildman–Crippen MR) is 75.2 cm³/mol. The second-order valence-corrected chi connectivity index (χ2v) is 4.32. The Morgan fingerprint density at radius 2 is 2.10 bits per heavy atom. The Kier molecular flexibility index (Phi) is 5.22. The van der Waals surface area contributed by atoms with Gasteiger partial charge in [-0.15, -0.1) is 0 Å². The molecular weight excluding hydrogens is 274 g/mol. The number of nitrogens with one attached hydrogen (secondary N) is 1. The minimum absolute atomic E-state index is 0.0909. The number of furan rings is 1. The van der Waals surface area contributed by atoms with E-state index >= 15 is 0 Å². The van der Waals surface area contributed by atoms with Crippen LogP contribution < -0.4 is 14.8 Å². The monoisotopic (exact) mass is 291 g/mol. The molecule has 0 aliphatic rings. The number of amides is 1. The molecule has 0 unspecified atom stereocenters. The van der Waals surface area contributed by atoms with Crippen LogP contribution in [0.5, 0.6) is 11.5 Å². The van der Waals surface area contributed by atoms with Crippen LogP contribution in [0, 0.1) is 0 Å². The molecule has 21 heavy (non-hydrogen) atoms. The molecule has 0 aliphatic heterocycles. The molecule has 0 bridgehead atoms. The van der Waals surface area contributed by atoms with Gasteiger partial charge in [-0.05, 0) is 18.2 Å². The van der Waals surface area contributed by atoms with Gasteiger partial charge in [0.25, 0.3) is 5.91 Å².